The summed E-state index contributed by atoms with van der Waals surface area (Å²) in [5.74, 6) is -0.188. The van der Waals surface area contributed by atoms with Gasteiger partial charge in [0.25, 0.3) is 0 Å². The number of thiophene rings is 1. The van der Waals surface area contributed by atoms with Crippen molar-refractivity contribution in [3.8, 4) is 0 Å². The van der Waals surface area contributed by atoms with Gasteiger partial charge in [-0.1, -0.05) is 5.16 Å². The fraction of sp³-hybridized carbons (Fsp3) is 0.385. The topological polar surface area (TPSA) is 89.3 Å². The first-order valence-electron chi connectivity index (χ1n) is 6.23. The summed E-state index contributed by atoms with van der Waals surface area (Å²) in [4.78, 5) is 12.5. The minimum atomic E-state index is -3.37. The molecular formula is C13H16N2O4S2. The lowest BCUT2D eigenvalue weighted by Gasteiger charge is -2.11. The van der Waals surface area contributed by atoms with E-state index in [1.807, 2.05) is 0 Å². The van der Waals surface area contributed by atoms with Gasteiger partial charge in [0.15, 0.2) is 9.84 Å². The second-order valence-corrected chi connectivity index (χ2v) is 7.74. The molecule has 6 nitrogen and oxygen atoms in total. The Balaban J connectivity index is 2.25. The maximum atomic E-state index is 12.3. The summed E-state index contributed by atoms with van der Waals surface area (Å²) in [7, 11) is -3.37. The van der Waals surface area contributed by atoms with Crippen LogP contribution in [-0.4, -0.2) is 25.7 Å². The van der Waals surface area contributed by atoms with Crippen molar-refractivity contribution in [1.29, 1.82) is 0 Å². The second kappa shape index (κ2) is 5.61. The fourth-order valence-corrected chi connectivity index (χ4v) is 4.21. The molecule has 0 aliphatic carbocycles. The number of aryl methyl sites for hydroxylation is 2. The molecule has 0 bridgehead atoms. The summed E-state index contributed by atoms with van der Waals surface area (Å²) in [6, 6.07) is 1.48. The molecule has 0 aliphatic heterocycles. The molecule has 1 amide bonds. The van der Waals surface area contributed by atoms with E-state index in [9.17, 15) is 13.2 Å². The quantitative estimate of drug-likeness (QED) is 0.931. The zero-order valence-corrected chi connectivity index (χ0v) is 13.8. The monoisotopic (exact) mass is 328 g/mol. The average molecular weight is 328 g/mol. The molecule has 0 aromatic carbocycles. The predicted octanol–water partition coefficient (Wildman–Crippen LogP) is 2.50. The number of sulfone groups is 1. The van der Waals surface area contributed by atoms with Gasteiger partial charge in [0, 0.05) is 11.8 Å². The number of anilines is 1. The SMILES string of the molecule is Cc1noc(C)c1[C@@H](C)C(=O)Nc1sccc1S(C)(=O)=O. The number of rotatable bonds is 4. The van der Waals surface area contributed by atoms with Gasteiger partial charge in [0.05, 0.1) is 11.6 Å². The Hall–Kier alpha value is -1.67. The largest absolute Gasteiger partial charge is 0.361 e. The van der Waals surface area contributed by atoms with Crippen LogP contribution in [0.15, 0.2) is 20.9 Å². The van der Waals surface area contributed by atoms with E-state index < -0.39 is 15.8 Å². The van der Waals surface area contributed by atoms with Crippen LogP contribution < -0.4 is 5.32 Å². The predicted molar refractivity (Wildman–Crippen MR) is 80.5 cm³/mol. The molecule has 8 heteroatoms. The summed E-state index contributed by atoms with van der Waals surface area (Å²) >= 11 is 1.18. The molecule has 0 saturated heterocycles. The molecule has 0 radical (unpaired) electrons. The number of hydrogen-bond donors (Lipinski definition) is 1. The van der Waals surface area contributed by atoms with Crippen LogP contribution in [0.25, 0.3) is 0 Å². The maximum absolute atomic E-state index is 12.3. The van der Waals surface area contributed by atoms with Crippen LogP contribution >= 0.6 is 11.3 Å². The van der Waals surface area contributed by atoms with Gasteiger partial charge < -0.3 is 9.84 Å². The van der Waals surface area contributed by atoms with E-state index in [1.165, 1.54) is 17.4 Å². The van der Waals surface area contributed by atoms with Crippen molar-refractivity contribution < 1.29 is 17.7 Å². The molecule has 21 heavy (non-hydrogen) atoms. The van der Waals surface area contributed by atoms with Gasteiger partial charge in [0.1, 0.15) is 15.7 Å². The van der Waals surface area contributed by atoms with Crippen LogP contribution in [0.3, 0.4) is 0 Å². The Morgan fingerprint density at radius 2 is 2.10 bits per heavy atom. The summed E-state index contributed by atoms with van der Waals surface area (Å²) in [6.45, 7) is 5.24. The van der Waals surface area contributed by atoms with Crippen LogP contribution in [0.2, 0.25) is 0 Å². The van der Waals surface area contributed by atoms with E-state index in [1.54, 1.807) is 26.2 Å². The lowest BCUT2D eigenvalue weighted by Crippen LogP contribution is -2.20. The third-order valence-corrected chi connectivity index (χ3v) is 5.28. The lowest BCUT2D eigenvalue weighted by molar-refractivity contribution is -0.117. The number of nitrogens with zero attached hydrogens (tertiary/aromatic N) is 1. The Morgan fingerprint density at radius 1 is 1.43 bits per heavy atom. The highest BCUT2D eigenvalue weighted by Gasteiger charge is 2.25. The molecule has 1 N–H and O–H groups in total. The van der Waals surface area contributed by atoms with Gasteiger partial charge in [-0.25, -0.2) is 8.42 Å². The third-order valence-electron chi connectivity index (χ3n) is 3.18. The zero-order valence-electron chi connectivity index (χ0n) is 12.1. The first-order valence-corrected chi connectivity index (χ1v) is 9.00. The summed E-state index contributed by atoms with van der Waals surface area (Å²) in [5, 5.41) is 8.46. The maximum Gasteiger partial charge on any atom is 0.232 e. The molecule has 2 rings (SSSR count). The highest BCUT2D eigenvalue weighted by atomic mass is 32.2. The molecule has 0 unspecified atom stereocenters. The molecule has 1 atom stereocenters. The van der Waals surface area contributed by atoms with Crippen molar-refractivity contribution in [2.45, 2.75) is 31.6 Å². The van der Waals surface area contributed by atoms with Gasteiger partial charge >= 0.3 is 0 Å². The van der Waals surface area contributed by atoms with Crippen LogP contribution in [-0.2, 0) is 14.6 Å². The Kier molecular flexibility index (Phi) is 4.20. The molecule has 114 valence electrons. The fourth-order valence-electron chi connectivity index (χ4n) is 2.14. The van der Waals surface area contributed by atoms with E-state index in [4.69, 9.17) is 4.52 Å². The third kappa shape index (κ3) is 3.16. The average Bonchev–Trinajstić information content (AvgIpc) is 2.95. The molecule has 2 aromatic rings. The van der Waals surface area contributed by atoms with Crippen molar-refractivity contribution in [2.24, 2.45) is 0 Å². The minimum absolute atomic E-state index is 0.131. The van der Waals surface area contributed by atoms with Gasteiger partial charge in [-0.05, 0) is 32.2 Å². The normalized spacial score (nSPS) is 13.1. The number of carbonyl (C=O) groups excluding carboxylic acids is 1. The van der Waals surface area contributed by atoms with Crippen LogP contribution in [0.4, 0.5) is 5.00 Å². The van der Waals surface area contributed by atoms with Crippen molar-refractivity contribution in [2.75, 3.05) is 11.6 Å². The van der Waals surface area contributed by atoms with Gasteiger partial charge in [0.2, 0.25) is 5.91 Å². The summed E-state index contributed by atoms with van der Waals surface area (Å²) in [5.41, 5.74) is 1.38. The Labute approximate surface area is 127 Å². The molecule has 0 fully saturated rings. The zero-order chi connectivity index (χ0) is 15.8. The van der Waals surface area contributed by atoms with E-state index in [0.717, 1.165) is 11.8 Å². The number of hydrogen-bond acceptors (Lipinski definition) is 6. The first-order chi connectivity index (χ1) is 9.71. The molecule has 0 spiro atoms. The molecule has 2 heterocycles. The van der Waals surface area contributed by atoms with Gasteiger partial charge in [-0.15, -0.1) is 11.3 Å². The summed E-state index contributed by atoms with van der Waals surface area (Å²) in [6.07, 6.45) is 1.11. The Morgan fingerprint density at radius 3 is 2.62 bits per heavy atom. The van der Waals surface area contributed by atoms with Crippen LogP contribution in [0, 0.1) is 13.8 Å². The number of nitrogens with one attached hydrogen (secondary N) is 1. The Bertz CT molecular complexity index is 754. The number of aromatic nitrogens is 1. The van der Waals surface area contributed by atoms with Crippen molar-refractivity contribution >= 4 is 32.1 Å². The summed E-state index contributed by atoms with van der Waals surface area (Å²) < 4.78 is 28.3. The van der Waals surface area contributed by atoms with E-state index in [-0.39, 0.29) is 10.8 Å². The van der Waals surface area contributed by atoms with Crippen molar-refractivity contribution in [3.05, 3.63) is 28.5 Å². The van der Waals surface area contributed by atoms with Crippen LogP contribution in [0.1, 0.15) is 29.9 Å². The molecule has 0 aliphatic rings. The highest BCUT2D eigenvalue weighted by molar-refractivity contribution is 7.91. The smallest absolute Gasteiger partial charge is 0.232 e. The first kappa shape index (κ1) is 15.7. The van der Waals surface area contributed by atoms with Gasteiger partial charge in [-0.3, -0.25) is 4.79 Å². The van der Waals surface area contributed by atoms with Gasteiger partial charge in [-0.2, -0.15) is 0 Å². The second-order valence-electron chi connectivity index (χ2n) is 4.83. The van der Waals surface area contributed by atoms with Crippen LogP contribution in [0.5, 0.6) is 0 Å². The highest BCUT2D eigenvalue weighted by Crippen LogP contribution is 2.30. The van der Waals surface area contributed by atoms with E-state index >= 15 is 0 Å². The van der Waals surface area contributed by atoms with E-state index in [2.05, 4.69) is 10.5 Å². The minimum Gasteiger partial charge on any atom is -0.361 e. The van der Waals surface area contributed by atoms with Crippen molar-refractivity contribution in [1.82, 2.24) is 5.16 Å². The lowest BCUT2D eigenvalue weighted by atomic mass is 9.99. The number of carbonyl (C=O) groups is 1. The molecule has 2 aromatic heterocycles. The molecule has 0 saturated carbocycles. The van der Waals surface area contributed by atoms with Crippen molar-refractivity contribution in [3.63, 3.8) is 0 Å². The van der Waals surface area contributed by atoms with E-state index in [0.29, 0.717) is 16.5 Å². The standard InChI is InChI=1S/C13H16N2O4S2/c1-7(11-8(2)15-19-9(11)3)12(16)14-13-10(5-6-20-13)21(4,17)18/h5-7H,1-4H3,(H,14,16)/t7-/m1/s1. The number of amides is 1. The molecular weight excluding hydrogens is 312 g/mol.